The average molecular weight is 303 g/mol. The summed E-state index contributed by atoms with van der Waals surface area (Å²) < 4.78 is 19.4. The van der Waals surface area contributed by atoms with Crippen LogP contribution in [-0.4, -0.2) is 4.98 Å². The second-order valence-corrected chi connectivity index (χ2v) is 5.01. The molecule has 5 heteroatoms. The molecule has 0 aliphatic carbocycles. The molecule has 0 radical (unpaired) electrons. The van der Waals surface area contributed by atoms with Crippen molar-refractivity contribution in [3.05, 3.63) is 65.1 Å². The molecule has 0 saturated heterocycles. The van der Waals surface area contributed by atoms with Gasteiger partial charge in [-0.3, -0.25) is 4.98 Å². The van der Waals surface area contributed by atoms with Gasteiger partial charge in [-0.15, -0.1) is 0 Å². The molecule has 0 aliphatic heterocycles. The van der Waals surface area contributed by atoms with E-state index in [0.717, 1.165) is 5.39 Å². The van der Waals surface area contributed by atoms with Gasteiger partial charge in [0.15, 0.2) is 0 Å². The Kier molecular flexibility index (Phi) is 3.62. The van der Waals surface area contributed by atoms with Crippen LogP contribution in [0.5, 0.6) is 5.75 Å². The van der Waals surface area contributed by atoms with Crippen LogP contribution in [0.3, 0.4) is 0 Å². The zero-order chi connectivity index (χ0) is 14.8. The van der Waals surface area contributed by atoms with Crippen LogP contribution in [0.15, 0.2) is 48.7 Å². The number of halogens is 2. The molecule has 3 aromatic rings. The minimum absolute atomic E-state index is 0.0714. The Hall–Kier alpha value is -2.33. The van der Waals surface area contributed by atoms with Crippen LogP contribution in [0.4, 0.5) is 10.1 Å². The third-order valence-electron chi connectivity index (χ3n) is 3.16. The molecular formula is C16H12ClFN2O. The van der Waals surface area contributed by atoms with E-state index in [4.69, 9.17) is 22.1 Å². The fraction of sp³-hybridized carbons (Fsp3) is 0.0625. The Bertz CT molecular complexity index is 807. The molecule has 0 spiro atoms. The predicted octanol–water partition coefficient (Wildman–Crippen LogP) is 4.19. The van der Waals surface area contributed by atoms with Crippen LogP contribution in [0.25, 0.3) is 10.9 Å². The number of rotatable bonds is 3. The lowest BCUT2D eigenvalue weighted by Crippen LogP contribution is -2.00. The van der Waals surface area contributed by atoms with E-state index in [2.05, 4.69) is 4.98 Å². The second kappa shape index (κ2) is 5.58. The van der Waals surface area contributed by atoms with E-state index >= 15 is 0 Å². The molecule has 106 valence electrons. The molecule has 3 rings (SSSR count). The van der Waals surface area contributed by atoms with E-state index in [1.807, 2.05) is 6.07 Å². The topological polar surface area (TPSA) is 48.1 Å². The van der Waals surface area contributed by atoms with Crippen molar-refractivity contribution in [3.8, 4) is 5.75 Å². The number of hydrogen-bond donors (Lipinski definition) is 1. The smallest absolute Gasteiger partial charge is 0.146 e. The Labute approximate surface area is 126 Å². The van der Waals surface area contributed by atoms with Crippen molar-refractivity contribution in [1.29, 1.82) is 0 Å². The van der Waals surface area contributed by atoms with Crippen molar-refractivity contribution in [3.63, 3.8) is 0 Å². The number of hydrogen-bond acceptors (Lipinski definition) is 3. The molecule has 0 bridgehead atoms. The fourth-order valence-corrected chi connectivity index (χ4v) is 2.29. The van der Waals surface area contributed by atoms with Gasteiger partial charge in [0.05, 0.1) is 0 Å². The van der Waals surface area contributed by atoms with Gasteiger partial charge in [0.2, 0.25) is 0 Å². The molecule has 2 N–H and O–H groups in total. The summed E-state index contributed by atoms with van der Waals surface area (Å²) in [5, 5.41) is 1.27. The number of ether oxygens (including phenoxy) is 1. The molecule has 0 amide bonds. The number of fused-ring (bicyclic) bond motifs is 1. The normalized spacial score (nSPS) is 10.8. The first kappa shape index (κ1) is 13.6. The molecule has 0 unspecified atom stereocenters. The van der Waals surface area contributed by atoms with Gasteiger partial charge in [0, 0.05) is 27.9 Å². The van der Waals surface area contributed by atoms with Gasteiger partial charge in [-0.1, -0.05) is 11.6 Å². The first-order chi connectivity index (χ1) is 10.1. The number of benzene rings is 2. The Balaban J connectivity index is 1.92. The third-order valence-corrected chi connectivity index (χ3v) is 3.39. The highest BCUT2D eigenvalue weighted by Gasteiger charge is 2.08. The van der Waals surface area contributed by atoms with E-state index in [1.54, 1.807) is 30.5 Å². The summed E-state index contributed by atoms with van der Waals surface area (Å²) >= 11 is 5.86. The molecule has 3 nitrogen and oxygen atoms in total. The molecule has 0 fully saturated rings. The molecule has 1 aromatic heterocycles. The average Bonchev–Trinajstić information content (AvgIpc) is 2.50. The maximum atomic E-state index is 13.7. The highest BCUT2D eigenvalue weighted by atomic mass is 35.5. The molecule has 0 saturated carbocycles. The summed E-state index contributed by atoms with van der Waals surface area (Å²) in [6, 6.07) is 11.5. The summed E-state index contributed by atoms with van der Waals surface area (Å²) in [4.78, 5) is 4.27. The first-order valence-corrected chi connectivity index (χ1v) is 6.73. The lowest BCUT2D eigenvalue weighted by Gasteiger charge is -2.10. The van der Waals surface area contributed by atoms with E-state index in [0.29, 0.717) is 27.5 Å². The number of nitrogen functional groups attached to an aromatic ring is 1. The molecule has 2 aromatic carbocycles. The van der Waals surface area contributed by atoms with Crippen molar-refractivity contribution in [1.82, 2.24) is 4.98 Å². The largest absolute Gasteiger partial charge is 0.487 e. The second-order valence-electron chi connectivity index (χ2n) is 4.58. The quantitative estimate of drug-likeness (QED) is 0.738. The SMILES string of the molecule is Nc1ccc(OCc2cc(Cl)ccc2F)c2ncccc12. The number of aromatic nitrogens is 1. The minimum Gasteiger partial charge on any atom is -0.487 e. The van der Waals surface area contributed by atoms with E-state index in [1.165, 1.54) is 12.1 Å². The first-order valence-electron chi connectivity index (χ1n) is 6.35. The number of nitrogens with zero attached hydrogens (tertiary/aromatic N) is 1. The van der Waals surface area contributed by atoms with Gasteiger partial charge in [0.25, 0.3) is 0 Å². The zero-order valence-electron chi connectivity index (χ0n) is 11.0. The summed E-state index contributed by atoms with van der Waals surface area (Å²) in [6.45, 7) is 0.0714. The van der Waals surface area contributed by atoms with Gasteiger partial charge in [-0.2, -0.15) is 0 Å². The van der Waals surface area contributed by atoms with Crippen molar-refractivity contribution in [2.75, 3.05) is 5.73 Å². The summed E-state index contributed by atoms with van der Waals surface area (Å²) in [5.74, 6) is 0.200. The van der Waals surface area contributed by atoms with E-state index in [-0.39, 0.29) is 12.4 Å². The van der Waals surface area contributed by atoms with Crippen LogP contribution in [-0.2, 0) is 6.61 Å². The molecule has 0 atom stereocenters. The maximum Gasteiger partial charge on any atom is 0.146 e. The van der Waals surface area contributed by atoms with Crippen LogP contribution in [0.1, 0.15) is 5.56 Å². The number of pyridine rings is 1. The maximum absolute atomic E-state index is 13.7. The molecule has 0 aliphatic rings. The lowest BCUT2D eigenvalue weighted by atomic mass is 10.1. The zero-order valence-corrected chi connectivity index (χ0v) is 11.8. The van der Waals surface area contributed by atoms with Gasteiger partial charge in [0.1, 0.15) is 23.7 Å². The van der Waals surface area contributed by atoms with Crippen LogP contribution in [0, 0.1) is 5.82 Å². The number of anilines is 1. The molecular weight excluding hydrogens is 291 g/mol. The van der Waals surface area contributed by atoms with E-state index in [9.17, 15) is 4.39 Å². The number of nitrogens with two attached hydrogens (primary N) is 1. The standard InChI is InChI=1S/C16H12ClFN2O/c17-11-3-4-13(18)10(8-11)9-21-15-6-5-14(19)12-2-1-7-20-16(12)15/h1-8H,9,19H2. The summed E-state index contributed by atoms with van der Waals surface area (Å²) in [6.07, 6.45) is 1.66. The lowest BCUT2D eigenvalue weighted by molar-refractivity contribution is 0.303. The van der Waals surface area contributed by atoms with Gasteiger partial charge >= 0.3 is 0 Å². The van der Waals surface area contributed by atoms with Crippen LogP contribution in [0.2, 0.25) is 5.02 Å². The van der Waals surface area contributed by atoms with Crippen molar-refractivity contribution < 1.29 is 9.13 Å². The van der Waals surface area contributed by atoms with Gasteiger partial charge < -0.3 is 10.5 Å². The van der Waals surface area contributed by atoms with Crippen molar-refractivity contribution >= 4 is 28.2 Å². The Morgan fingerprint density at radius 1 is 1.19 bits per heavy atom. The van der Waals surface area contributed by atoms with E-state index < -0.39 is 0 Å². The van der Waals surface area contributed by atoms with Gasteiger partial charge in [-0.25, -0.2) is 4.39 Å². The molecule has 1 heterocycles. The highest BCUT2D eigenvalue weighted by molar-refractivity contribution is 6.30. The van der Waals surface area contributed by atoms with Gasteiger partial charge in [-0.05, 0) is 42.5 Å². The van der Waals surface area contributed by atoms with Crippen LogP contribution >= 0.6 is 11.6 Å². The summed E-state index contributed by atoms with van der Waals surface area (Å²) in [5.41, 5.74) is 7.57. The Morgan fingerprint density at radius 2 is 2.05 bits per heavy atom. The Morgan fingerprint density at radius 3 is 2.90 bits per heavy atom. The predicted molar refractivity (Wildman–Crippen MR) is 81.9 cm³/mol. The highest BCUT2D eigenvalue weighted by Crippen LogP contribution is 2.29. The van der Waals surface area contributed by atoms with Crippen molar-refractivity contribution in [2.24, 2.45) is 0 Å². The fourth-order valence-electron chi connectivity index (χ4n) is 2.09. The van der Waals surface area contributed by atoms with Crippen molar-refractivity contribution in [2.45, 2.75) is 6.61 Å². The minimum atomic E-state index is -0.355. The van der Waals surface area contributed by atoms with Crippen LogP contribution < -0.4 is 10.5 Å². The monoisotopic (exact) mass is 302 g/mol. The molecule has 21 heavy (non-hydrogen) atoms. The summed E-state index contributed by atoms with van der Waals surface area (Å²) in [7, 11) is 0. The third kappa shape index (κ3) is 2.76.